The lowest BCUT2D eigenvalue weighted by Crippen LogP contribution is -2.33. The van der Waals surface area contributed by atoms with Gasteiger partial charge in [0, 0.05) is 18.2 Å². The lowest BCUT2D eigenvalue weighted by atomic mass is 10.0. The van der Waals surface area contributed by atoms with Crippen molar-refractivity contribution in [3.8, 4) is 0 Å². The highest BCUT2D eigenvalue weighted by Crippen LogP contribution is 2.31. The van der Waals surface area contributed by atoms with Crippen LogP contribution in [0.3, 0.4) is 0 Å². The van der Waals surface area contributed by atoms with Gasteiger partial charge in [0.05, 0.1) is 12.7 Å². The van der Waals surface area contributed by atoms with E-state index in [0.29, 0.717) is 5.56 Å². The summed E-state index contributed by atoms with van der Waals surface area (Å²) >= 11 is 0. The number of ether oxygens (including phenoxy) is 2. The molecule has 1 aromatic heterocycles. The van der Waals surface area contributed by atoms with Crippen LogP contribution in [-0.4, -0.2) is 33.5 Å². The molecule has 2 heterocycles. The number of aromatic nitrogens is 2. The fourth-order valence-electron chi connectivity index (χ4n) is 3.67. The Morgan fingerprint density at radius 1 is 1.10 bits per heavy atom. The van der Waals surface area contributed by atoms with E-state index in [-0.39, 0.29) is 19.1 Å². The molecule has 30 heavy (non-hydrogen) atoms. The van der Waals surface area contributed by atoms with Gasteiger partial charge in [-0.2, -0.15) is 0 Å². The van der Waals surface area contributed by atoms with E-state index >= 15 is 0 Å². The quantitative estimate of drug-likeness (QED) is 0.653. The van der Waals surface area contributed by atoms with Crippen molar-refractivity contribution in [1.82, 2.24) is 9.55 Å². The molecule has 4 rings (SSSR count). The Labute approximate surface area is 173 Å². The standard InChI is InChI=1S/C23H24N2O5/c1-15-13-25(23(28)24-22(15)27)20-12-18(26)19(30-20)14-29-21(16-8-4-2-5-9-16)17-10-6-3-7-11-17/h2-11,13,18-21,26H,12,14H2,1H3,(H,24,27,28)/t18?,19-,20-/m1/s1. The van der Waals surface area contributed by atoms with Crippen LogP contribution in [0.4, 0.5) is 0 Å². The van der Waals surface area contributed by atoms with Gasteiger partial charge in [-0.1, -0.05) is 60.7 Å². The number of hydrogen-bond acceptors (Lipinski definition) is 5. The molecule has 2 N–H and O–H groups in total. The summed E-state index contributed by atoms with van der Waals surface area (Å²) in [5, 5.41) is 10.5. The Kier molecular flexibility index (Phi) is 5.94. The summed E-state index contributed by atoms with van der Waals surface area (Å²) in [7, 11) is 0. The minimum Gasteiger partial charge on any atom is -0.390 e. The number of nitrogens with one attached hydrogen (secondary N) is 1. The number of aliphatic hydroxyl groups excluding tert-OH is 1. The maximum Gasteiger partial charge on any atom is 0.330 e. The van der Waals surface area contributed by atoms with Gasteiger partial charge >= 0.3 is 5.69 Å². The number of benzene rings is 2. The molecule has 1 unspecified atom stereocenters. The fraction of sp³-hybridized carbons (Fsp3) is 0.304. The molecule has 1 aliphatic heterocycles. The second kappa shape index (κ2) is 8.79. The van der Waals surface area contributed by atoms with Crippen LogP contribution in [-0.2, 0) is 9.47 Å². The number of aryl methyl sites for hydroxylation is 1. The summed E-state index contributed by atoms with van der Waals surface area (Å²) in [4.78, 5) is 26.0. The first-order valence-electron chi connectivity index (χ1n) is 9.90. The van der Waals surface area contributed by atoms with Crippen molar-refractivity contribution in [2.75, 3.05) is 6.61 Å². The van der Waals surface area contributed by atoms with Gasteiger partial charge in [0.1, 0.15) is 18.4 Å². The molecule has 0 saturated carbocycles. The average Bonchev–Trinajstić information content (AvgIpc) is 3.13. The van der Waals surface area contributed by atoms with E-state index < -0.39 is 29.7 Å². The third-order valence-corrected chi connectivity index (χ3v) is 5.29. The van der Waals surface area contributed by atoms with Crippen molar-refractivity contribution in [2.24, 2.45) is 0 Å². The molecule has 156 valence electrons. The van der Waals surface area contributed by atoms with Gasteiger partial charge in [0.15, 0.2) is 0 Å². The lowest BCUT2D eigenvalue weighted by molar-refractivity contribution is -0.0749. The van der Waals surface area contributed by atoms with Gasteiger partial charge in [0.25, 0.3) is 5.56 Å². The lowest BCUT2D eigenvalue weighted by Gasteiger charge is -2.22. The van der Waals surface area contributed by atoms with Crippen molar-refractivity contribution in [3.63, 3.8) is 0 Å². The number of H-pyrrole nitrogens is 1. The maximum atomic E-state index is 12.1. The highest BCUT2D eigenvalue weighted by molar-refractivity contribution is 5.29. The van der Waals surface area contributed by atoms with Gasteiger partial charge in [-0.05, 0) is 18.1 Å². The van der Waals surface area contributed by atoms with E-state index in [1.165, 1.54) is 10.8 Å². The smallest absolute Gasteiger partial charge is 0.330 e. The normalized spacial score (nSPS) is 21.2. The van der Waals surface area contributed by atoms with Crippen LogP contribution in [0.2, 0.25) is 0 Å². The first kappa shape index (κ1) is 20.3. The fourth-order valence-corrected chi connectivity index (χ4v) is 3.67. The summed E-state index contributed by atoms with van der Waals surface area (Å²) in [6, 6.07) is 19.7. The Morgan fingerprint density at radius 2 is 1.70 bits per heavy atom. The molecular formula is C23H24N2O5. The molecular weight excluding hydrogens is 384 g/mol. The monoisotopic (exact) mass is 408 g/mol. The second-order valence-electron chi connectivity index (χ2n) is 7.45. The zero-order valence-electron chi connectivity index (χ0n) is 16.6. The molecule has 0 spiro atoms. The average molecular weight is 408 g/mol. The van der Waals surface area contributed by atoms with Crippen LogP contribution < -0.4 is 11.2 Å². The van der Waals surface area contributed by atoms with Crippen LogP contribution in [0.1, 0.15) is 35.4 Å². The Morgan fingerprint density at radius 3 is 2.30 bits per heavy atom. The highest BCUT2D eigenvalue weighted by Gasteiger charge is 2.36. The minimum absolute atomic E-state index is 0.156. The third-order valence-electron chi connectivity index (χ3n) is 5.29. The van der Waals surface area contributed by atoms with E-state index in [9.17, 15) is 14.7 Å². The zero-order valence-corrected chi connectivity index (χ0v) is 16.6. The molecule has 1 fully saturated rings. The Hall–Kier alpha value is -3.00. The first-order valence-corrected chi connectivity index (χ1v) is 9.90. The summed E-state index contributed by atoms with van der Waals surface area (Å²) in [5.41, 5.74) is 1.42. The molecule has 0 bridgehead atoms. The van der Waals surface area contributed by atoms with Crippen LogP contribution >= 0.6 is 0 Å². The zero-order chi connectivity index (χ0) is 21.1. The summed E-state index contributed by atoms with van der Waals surface area (Å²) in [6.07, 6.45) is -0.659. The number of rotatable bonds is 6. The van der Waals surface area contributed by atoms with Gasteiger partial charge in [-0.15, -0.1) is 0 Å². The van der Waals surface area contributed by atoms with Crippen LogP contribution in [0.15, 0.2) is 76.4 Å². The highest BCUT2D eigenvalue weighted by atomic mass is 16.6. The molecule has 3 atom stereocenters. The molecule has 2 aromatic carbocycles. The summed E-state index contributed by atoms with van der Waals surface area (Å²) in [5.74, 6) is 0. The largest absolute Gasteiger partial charge is 0.390 e. The Bertz CT molecular complexity index is 1050. The molecule has 1 aliphatic rings. The number of aromatic amines is 1. The minimum atomic E-state index is -0.790. The topological polar surface area (TPSA) is 93.6 Å². The van der Waals surface area contributed by atoms with Gasteiger partial charge in [0.2, 0.25) is 0 Å². The number of aliphatic hydroxyl groups is 1. The van der Waals surface area contributed by atoms with Crippen LogP contribution in [0, 0.1) is 6.92 Å². The van der Waals surface area contributed by atoms with Crippen LogP contribution in [0.25, 0.3) is 0 Å². The Balaban J connectivity index is 1.50. The molecule has 0 amide bonds. The van der Waals surface area contributed by atoms with Crippen molar-refractivity contribution >= 4 is 0 Å². The third kappa shape index (κ3) is 4.28. The van der Waals surface area contributed by atoms with Crippen molar-refractivity contribution in [1.29, 1.82) is 0 Å². The maximum absolute atomic E-state index is 12.1. The molecule has 3 aromatic rings. The molecule has 0 radical (unpaired) electrons. The molecule has 7 nitrogen and oxygen atoms in total. The van der Waals surface area contributed by atoms with E-state index in [1.807, 2.05) is 60.7 Å². The second-order valence-corrected chi connectivity index (χ2v) is 7.45. The van der Waals surface area contributed by atoms with E-state index in [1.54, 1.807) is 6.92 Å². The van der Waals surface area contributed by atoms with Crippen molar-refractivity contribution < 1.29 is 14.6 Å². The molecule has 0 aliphatic carbocycles. The van der Waals surface area contributed by atoms with Crippen LogP contribution in [0.5, 0.6) is 0 Å². The predicted molar refractivity (Wildman–Crippen MR) is 111 cm³/mol. The van der Waals surface area contributed by atoms with E-state index in [4.69, 9.17) is 9.47 Å². The summed E-state index contributed by atoms with van der Waals surface area (Å²) in [6.45, 7) is 1.77. The van der Waals surface area contributed by atoms with Gasteiger partial charge in [-0.3, -0.25) is 14.3 Å². The predicted octanol–water partition coefficient (Wildman–Crippen LogP) is 2.30. The van der Waals surface area contributed by atoms with E-state index in [0.717, 1.165) is 11.1 Å². The number of hydrogen-bond donors (Lipinski definition) is 2. The molecule has 1 saturated heterocycles. The van der Waals surface area contributed by atoms with Gasteiger partial charge in [-0.25, -0.2) is 4.79 Å². The summed E-state index contributed by atoms with van der Waals surface area (Å²) < 4.78 is 13.4. The SMILES string of the molecule is Cc1cn([C@H]2CC(O)[C@@H](COC(c3ccccc3)c3ccccc3)O2)c(=O)[nH]c1=O. The van der Waals surface area contributed by atoms with Gasteiger partial charge < -0.3 is 14.6 Å². The molecule has 7 heteroatoms. The van der Waals surface area contributed by atoms with E-state index in [2.05, 4.69) is 4.98 Å². The number of nitrogens with zero attached hydrogens (tertiary/aromatic N) is 1. The van der Waals surface area contributed by atoms with Crippen molar-refractivity contribution in [2.45, 2.75) is 37.9 Å². The van der Waals surface area contributed by atoms with Crippen molar-refractivity contribution in [3.05, 3.63) is 104 Å². The first-order chi connectivity index (χ1) is 14.5.